The van der Waals surface area contributed by atoms with E-state index >= 15 is 0 Å². The Morgan fingerprint density at radius 2 is 2.04 bits per heavy atom. The van der Waals surface area contributed by atoms with Crippen LogP contribution in [0.2, 0.25) is 10.0 Å². The van der Waals surface area contributed by atoms with Crippen LogP contribution < -0.4 is 11.1 Å². The third-order valence-corrected chi connectivity index (χ3v) is 5.08. The second-order valence-electron chi connectivity index (χ2n) is 6.41. The van der Waals surface area contributed by atoms with Crippen molar-refractivity contribution < 1.29 is 9.59 Å². The molecule has 5 nitrogen and oxygen atoms in total. The maximum absolute atomic E-state index is 12.5. The molecule has 0 aliphatic carbocycles. The van der Waals surface area contributed by atoms with E-state index in [0.717, 1.165) is 18.4 Å². The number of nitrogens with zero attached hydrogens (tertiary/aromatic N) is 1. The molecule has 0 aromatic heterocycles. The predicted molar refractivity (Wildman–Crippen MR) is 96.0 cm³/mol. The SMILES string of the molecule is CC(C)[C@H](N)C(=O)NCC(=O)N1CCCC1c1ccc(Cl)c(Cl)c1. The first-order valence-electron chi connectivity index (χ1n) is 8.09. The van der Waals surface area contributed by atoms with Gasteiger partial charge in [-0.2, -0.15) is 0 Å². The van der Waals surface area contributed by atoms with Crippen molar-refractivity contribution in [2.24, 2.45) is 11.7 Å². The standard InChI is InChI=1S/C17H23Cl2N3O2/c1-10(2)16(20)17(24)21-9-15(23)22-7-3-4-14(22)11-5-6-12(18)13(19)8-11/h5-6,8,10,14,16H,3-4,7,9,20H2,1-2H3,(H,21,24)/t14?,16-/m0/s1. The second-order valence-corrected chi connectivity index (χ2v) is 7.22. The number of halogens is 2. The van der Waals surface area contributed by atoms with Crippen molar-refractivity contribution in [1.82, 2.24) is 10.2 Å². The normalized spacial score (nSPS) is 18.8. The zero-order chi connectivity index (χ0) is 17.9. The van der Waals surface area contributed by atoms with Crippen LogP contribution in [0.25, 0.3) is 0 Å². The van der Waals surface area contributed by atoms with E-state index in [1.54, 1.807) is 17.0 Å². The number of amides is 2. The summed E-state index contributed by atoms with van der Waals surface area (Å²) in [5.41, 5.74) is 6.74. The number of nitrogens with one attached hydrogen (secondary N) is 1. The van der Waals surface area contributed by atoms with E-state index in [-0.39, 0.29) is 30.3 Å². The van der Waals surface area contributed by atoms with Crippen molar-refractivity contribution in [1.29, 1.82) is 0 Å². The zero-order valence-electron chi connectivity index (χ0n) is 13.9. The average Bonchev–Trinajstić information content (AvgIpc) is 3.03. The summed E-state index contributed by atoms with van der Waals surface area (Å²) < 4.78 is 0. The lowest BCUT2D eigenvalue weighted by molar-refractivity contribution is -0.134. The molecule has 1 saturated heterocycles. The highest BCUT2D eigenvalue weighted by Crippen LogP contribution is 2.34. The molecular formula is C17H23Cl2N3O2. The van der Waals surface area contributed by atoms with E-state index in [1.807, 2.05) is 19.9 Å². The van der Waals surface area contributed by atoms with Crippen LogP contribution in [-0.2, 0) is 9.59 Å². The van der Waals surface area contributed by atoms with Gasteiger partial charge in [-0.3, -0.25) is 9.59 Å². The molecule has 0 saturated carbocycles. The van der Waals surface area contributed by atoms with Crippen LogP contribution in [0.1, 0.15) is 38.3 Å². The summed E-state index contributed by atoms with van der Waals surface area (Å²) >= 11 is 12.0. The molecule has 1 aliphatic heterocycles. The summed E-state index contributed by atoms with van der Waals surface area (Å²) in [4.78, 5) is 26.2. The van der Waals surface area contributed by atoms with Gasteiger partial charge in [-0.15, -0.1) is 0 Å². The molecule has 2 amide bonds. The molecule has 1 aromatic carbocycles. The van der Waals surface area contributed by atoms with Crippen molar-refractivity contribution in [2.45, 2.75) is 38.8 Å². The fraction of sp³-hybridized carbons (Fsp3) is 0.529. The van der Waals surface area contributed by atoms with Crippen LogP contribution in [-0.4, -0.2) is 35.8 Å². The Labute approximate surface area is 152 Å². The van der Waals surface area contributed by atoms with Crippen LogP contribution in [0.5, 0.6) is 0 Å². The van der Waals surface area contributed by atoms with E-state index in [0.29, 0.717) is 16.6 Å². The topological polar surface area (TPSA) is 75.4 Å². The molecule has 0 spiro atoms. The number of nitrogens with two attached hydrogens (primary N) is 1. The fourth-order valence-electron chi connectivity index (χ4n) is 2.82. The minimum absolute atomic E-state index is 0.0239. The number of likely N-dealkylation sites (tertiary alicyclic amines) is 1. The molecule has 132 valence electrons. The fourth-order valence-corrected chi connectivity index (χ4v) is 3.12. The van der Waals surface area contributed by atoms with Gasteiger partial charge in [0.1, 0.15) is 0 Å². The van der Waals surface area contributed by atoms with Crippen LogP contribution in [0.4, 0.5) is 0 Å². The van der Waals surface area contributed by atoms with E-state index in [4.69, 9.17) is 28.9 Å². The Morgan fingerprint density at radius 3 is 2.67 bits per heavy atom. The Kier molecular flexibility index (Phi) is 6.49. The largest absolute Gasteiger partial charge is 0.346 e. The average molecular weight is 372 g/mol. The summed E-state index contributed by atoms with van der Waals surface area (Å²) in [5, 5.41) is 3.60. The first-order valence-corrected chi connectivity index (χ1v) is 8.84. The molecule has 1 aromatic rings. The van der Waals surface area contributed by atoms with Gasteiger partial charge in [-0.1, -0.05) is 43.1 Å². The number of rotatable bonds is 5. The maximum atomic E-state index is 12.5. The van der Waals surface area contributed by atoms with Gasteiger partial charge in [0.15, 0.2) is 0 Å². The van der Waals surface area contributed by atoms with Gasteiger partial charge in [0, 0.05) is 6.54 Å². The number of carbonyl (C=O) groups excluding carboxylic acids is 2. The summed E-state index contributed by atoms with van der Waals surface area (Å²) in [7, 11) is 0. The molecule has 3 N–H and O–H groups in total. The smallest absolute Gasteiger partial charge is 0.242 e. The Hall–Kier alpha value is -1.30. The third kappa shape index (κ3) is 4.41. The Morgan fingerprint density at radius 1 is 1.33 bits per heavy atom. The molecule has 2 atom stereocenters. The maximum Gasteiger partial charge on any atom is 0.242 e. The monoisotopic (exact) mass is 371 g/mol. The lowest BCUT2D eigenvalue weighted by Crippen LogP contribution is -2.47. The minimum Gasteiger partial charge on any atom is -0.346 e. The molecule has 0 bridgehead atoms. The van der Waals surface area contributed by atoms with Crippen molar-refractivity contribution in [3.8, 4) is 0 Å². The zero-order valence-corrected chi connectivity index (χ0v) is 15.4. The summed E-state index contributed by atoms with van der Waals surface area (Å²) in [6.45, 7) is 4.35. The highest BCUT2D eigenvalue weighted by atomic mass is 35.5. The van der Waals surface area contributed by atoms with Crippen LogP contribution in [0.3, 0.4) is 0 Å². The molecule has 1 heterocycles. The van der Waals surface area contributed by atoms with Gasteiger partial charge in [0.25, 0.3) is 0 Å². The molecule has 7 heteroatoms. The van der Waals surface area contributed by atoms with Crippen LogP contribution in [0, 0.1) is 5.92 Å². The lowest BCUT2D eigenvalue weighted by Gasteiger charge is -2.26. The highest BCUT2D eigenvalue weighted by Gasteiger charge is 2.30. The molecule has 24 heavy (non-hydrogen) atoms. The van der Waals surface area contributed by atoms with Gasteiger partial charge >= 0.3 is 0 Å². The van der Waals surface area contributed by atoms with Gasteiger partial charge in [0.05, 0.1) is 28.7 Å². The van der Waals surface area contributed by atoms with Crippen molar-refractivity contribution in [2.75, 3.05) is 13.1 Å². The van der Waals surface area contributed by atoms with E-state index in [9.17, 15) is 9.59 Å². The summed E-state index contributed by atoms with van der Waals surface area (Å²) in [6.07, 6.45) is 1.78. The van der Waals surface area contributed by atoms with E-state index < -0.39 is 6.04 Å². The van der Waals surface area contributed by atoms with Crippen LogP contribution in [0.15, 0.2) is 18.2 Å². The van der Waals surface area contributed by atoms with Gasteiger partial charge in [-0.05, 0) is 36.5 Å². The molecule has 1 fully saturated rings. The molecule has 1 aliphatic rings. The second kappa shape index (κ2) is 8.19. The molecule has 2 rings (SSSR count). The van der Waals surface area contributed by atoms with E-state index in [2.05, 4.69) is 5.32 Å². The number of hydrogen-bond donors (Lipinski definition) is 2. The first-order chi connectivity index (χ1) is 11.3. The molecular weight excluding hydrogens is 349 g/mol. The minimum atomic E-state index is -0.609. The third-order valence-electron chi connectivity index (χ3n) is 4.34. The molecule has 1 unspecified atom stereocenters. The molecule has 0 radical (unpaired) electrons. The number of hydrogen-bond acceptors (Lipinski definition) is 3. The highest BCUT2D eigenvalue weighted by molar-refractivity contribution is 6.42. The van der Waals surface area contributed by atoms with Crippen LogP contribution >= 0.6 is 23.2 Å². The van der Waals surface area contributed by atoms with Gasteiger partial charge in [0.2, 0.25) is 11.8 Å². The van der Waals surface area contributed by atoms with E-state index in [1.165, 1.54) is 0 Å². The summed E-state index contributed by atoms with van der Waals surface area (Å²) in [6, 6.07) is 4.78. The van der Waals surface area contributed by atoms with Gasteiger partial charge in [-0.25, -0.2) is 0 Å². The number of carbonyl (C=O) groups is 2. The number of benzene rings is 1. The Balaban J connectivity index is 2.00. The lowest BCUT2D eigenvalue weighted by atomic mass is 10.0. The van der Waals surface area contributed by atoms with Crippen molar-refractivity contribution in [3.05, 3.63) is 33.8 Å². The first kappa shape index (κ1) is 19.0. The quantitative estimate of drug-likeness (QED) is 0.835. The van der Waals surface area contributed by atoms with Gasteiger partial charge < -0.3 is 16.0 Å². The summed E-state index contributed by atoms with van der Waals surface area (Å²) in [5.74, 6) is -0.396. The predicted octanol–water partition coefficient (Wildman–Crippen LogP) is 2.76. The van der Waals surface area contributed by atoms with Crippen molar-refractivity contribution in [3.63, 3.8) is 0 Å². The Bertz CT molecular complexity index is 622. The van der Waals surface area contributed by atoms with Crippen molar-refractivity contribution >= 4 is 35.0 Å².